The van der Waals surface area contributed by atoms with Gasteiger partial charge < -0.3 is 29.3 Å². The second kappa shape index (κ2) is 11.5. The molecule has 1 N–H and O–H groups in total. The number of amides is 3. The summed E-state index contributed by atoms with van der Waals surface area (Å²) in [6.07, 6.45) is -1.07. The van der Waals surface area contributed by atoms with Crippen molar-refractivity contribution in [1.82, 2.24) is 15.1 Å². The van der Waals surface area contributed by atoms with Crippen LogP contribution in [0.4, 0.5) is 9.59 Å². The van der Waals surface area contributed by atoms with Crippen LogP contribution in [0.3, 0.4) is 0 Å². The zero-order chi connectivity index (χ0) is 22.9. The van der Waals surface area contributed by atoms with E-state index >= 15 is 0 Å². The minimum Gasteiger partial charge on any atom is -0.450 e. The number of carbonyl (C=O) groups is 3. The predicted octanol–water partition coefficient (Wildman–Crippen LogP) is 2.40. The highest BCUT2D eigenvalue weighted by molar-refractivity contribution is 5.86. The SMILES string of the molecule is CCOC(=O)N1CCN(C(=O)[C@H](COC(C)(C)C)NC(=O)OCc2ccccc2)CC1. The highest BCUT2D eigenvalue weighted by Gasteiger charge is 2.31. The molecule has 3 amide bonds. The summed E-state index contributed by atoms with van der Waals surface area (Å²) in [5.74, 6) is -0.274. The molecule has 0 aromatic heterocycles. The molecule has 0 unspecified atom stereocenters. The van der Waals surface area contributed by atoms with Crippen LogP contribution in [0.15, 0.2) is 30.3 Å². The van der Waals surface area contributed by atoms with Crippen LogP contribution < -0.4 is 5.32 Å². The van der Waals surface area contributed by atoms with E-state index in [2.05, 4.69) is 5.32 Å². The second-order valence-electron chi connectivity index (χ2n) is 8.19. The van der Waals surface area contributed by atoms with Gasteiger partial charge in [-0.05, 0) is 33.3 Å². The molecule has 0 saturated carbocycles. The summed E-state index contributed by atoms with van der Waals surface area (Å²) in [6.45, 7) is 9.24. The smallest absolute Gasteiger partial charge is 0.409 e. The highest BCUT2D eigenvalue weighted by atomic mass is 16.6. The van der Waals surface area contributed by atoms with Gasteiger partial charge in [0.1, 0.15) is 12.6 Å². The zero-order valence-corrected chi connectivity index (χ0v) is 18.8. The van der Waals surface area contributed by atoms with E-state index in [0.29, 0.717) is 32.8 Å². The molecule has 1 fully saturated rings. The Kier molecular flexibility index (Phi) is 9.11. The van der Waals surface area contributed by atoms with Gasteiger partial charge in [0.05, 0.1) is 18.8 Å². The van der Waals surface area contributed by atoms with Crippen molar-refractivity contribution in [2.45, 2.75) is 45.9 Å². The Morgan fingerprint density at radius 1 is 1.00 bits per heavy atom. The number of piperazine rings is 1. The van der Waals surface area contributed by atoms with E-state index in [-0.39, 0.29) is 25.2 Å². The van der Waals surface area contributed by atoms with Gasteiger partial charge in [-0.2, -0.15) is 0 Å². The van der Waals surface area contributed by atoms with Crippen LogP contribution in [0.5, 0.6) is 0 Å². The lowest BCUT2D eigenvalue weighted by Crippen LogP contribution is -2.57. The monoisotopic (exact) mass is 435 g/mol. The average Bonchev–Trinajstić information content (AvgIpc) is 2.75. The van der Waals surface area contributed by atoms with Crippen molar-refractivity contribution in [1.29, 1.82) is 0 Å². The number of hydrogen-bond acceptors (Lipinski definition) is 6. The third kappa shape index (κ3) is 8.45. The third-order valence-corrected chi connectivity index (χ3v) is 4.60. The maximum Gasteiger partial charge on any atom is 0.409 e. The lowest BCUT2D eigenvalue weighted by atomic mass is 10.2. The topological polar surface area (TPSA) is 97.4 Å². The molecule has 0 bridgehead atoms. The first-order valence-electron chi connectivity index (χ1n) is 10.5. The molecule has 1 aliphatic rings. The predicted molar refractivity (Wildman–Crippen MR) is 114 cm³/mol. The molecule has 172 valence electrons. The third-order valence-electron chi connectivity index (χ3n) is 4.60. The molecular formula is C22H33N3O6. The van der Waals surface area contributed by atoms with Crippen molar-refractivity contribution >= 4 is 18.1 Å². The molecule has 31 heavy (non-hydrogen) atoms. The molecule has 1 aliphatic heterocycles. The fourth-order valence-corrected chi connectivity index (χ4v) is 2.96. The van der Waals surface area contributed by atoms with E-state index < -0.39 is 17.7 Å². The van der Waals surface area contributed by atoms with E-state index in [0.717, 1.165) is 5.56 Å². The minimum atomic E-state index is -0.892. The number of alkyl carbamates (subject to hydrolysis) is 1. The summed E-state index contributed by atoms with van der Waals surface area (Å²) >= 11 is 0. The summed E-state index contributed by atoms with van der Waals surface area (Å²) in [7, 11) is 0. The molecule has 1 saturated heterocycles. The lowest BCUT2D eigenvalue weighted by Gasteiger charge is -2.36. The van der Waals surface area contributed by atoms with Crippen LogP contribution in [0.25, 0.3) is 0 Å². The van der Waals surface area contributed by atoms with Crippen molar-refractivity contribution < 1.29 is 28.6 Å². The van der Waals surface area contributed by atoms with Crippen molar-refractivity contribution in [3.63, 3.8) is 0 Å². The van der Waals surface area contributed by atoms with Gasteiger partial charge in [0.15, 0.2) is 0 Å². The number of rotatable bonds is 7. The maximum absolute atomic E-state index is 13.1. The summed E-state index contributed by atoms with van der Waals surface area (Å²) in [5.41, 5.74) is 0.373. The summed E-state index contributed by atoms with van der Waals surface area (Å²) < 4.78 is 16.0. The molecule has 1 heterocycles. The number of benzene rings is 1. The van der Waals surface area contributed by atoms with E-state index in [9.17, 15) is 14.4 Å². The maximum atomic E-state index is 13.1. The van der Waals surface area contributed by atoms with Crippen molar-refractivity contribution in [3.05, 3.63) is 35.9 Å². The minimum absolute atomic E-state index is 0.0147. The normalized spacial score (nSPS) is 15.2. The van der Waals surface area contributed by atoms with Crippen LogP contribution >= 0.6 is 0 Å². The number of nitrogens with one attached hydrogen (secondary N) is 1. The first-order valence-corrected chi connectivity index (χ1v) is 10.5. The Bertz CT molecular complexity index is 727. The van der Waals surface area contributed by atoms with E-state index in [1.54, 1.807) is 16.7 Å². The largest absolute Gasteiger partial charge is 0.450 e. The Hall–Kier alpha value is -2.81. The van der Waals surface area contributed by atoms with Gasteiger partial charge in [0.2, 0.25) is 5.91 Å². The Morgan fingerprint density at radius 3 is 2.19 bits per heavy atom. The number of nitrogens with zero attached hydrogens (tertiary/aromatic N) is 2. The average molecular weight is 436 g/mol. The van der Waals surface area contributed by atoms with E-state index in [4.69, 9.17) is 14.2 Å². The van der Waals surface area contributed by atoms with Gasteiger partial charge in [0.25, 0.3) is 0 Å². The lowest BCUT2D eigenvalue weighted by molar-refractivity contribution is -0.138. The fraction of sp³-hybridized carbons (Fsp3) is 0.591. The molecular weight excluding hydrogens is 402 g/mol. The standard InChI is InChI=1S/C22H33N3O6/c1-5-29-21(28)25-13-11-24(12-14-25)19(26)18(16-31-22(2,3)4)23-20(27)30-15-17-9-7-6-8-10-17/h6-10,18H,5,11-16H2,1-4H3,(H,23,27)/t18-/m0/s1. The van der Waals surface area contributed by atoms with Crippen LogP contribution in [0, 0.1) is 0 Å². The molecule has 9 heteroatoms. The van der Waals surface area contributed by atoms with Crippen molar-refractivity contribution in [3.8, 4) is 0 Å². The van der Waals surface area contributed by atoms with Gasteiger partial charge in [-0.25, -0.2) is 9.59 Å². The molecule has 2 rings (SSSR count). The van der Waals surface area contributed by atoms with Crippen LogP contribution in [-0.2, 0) is 25.6 Å². The van der Waals surface area contributed by atoms with Gasteiger partial charge in [0, 0.05) is 26.2 Å². The molecule has 1 aromatic carbocycles. The summed E-state index contributed by atoms with van der Waals surface area (Å²) in [5, 5.41) is 2.63. The van der Waals surface area contributed by atoms with Gasteiger partial charge in [-0.1, -0.05) is 30.3 Å². The molecule has 0 spiro atoms. The summed E-state index contributed by atoms with van der Waals surface area (Å²) in [4.78, 5) is 40.4. The van der Waals surface area contributed by atoms with E-state index in [1.165, 1.54) is 0 Å². The van der Waals surface area contributed by atoms with Gasteiger partial charge in [-0.15, -0.1) is 0 Å². The van der Waals surface area contributed by atoms with Crippen molar-refractivity contribution in [2.24, 2.45) is 0 Å². The number of ether oxygens (including phenoxy) is 3. The number of hydrogen-bond donors (Lipinski definition) is 1. The van der Waals surface area contributed by atoms with Crippen LogP contribution in [-0.4, -0.2) is 78.9 Å². The molecule has 1 atom stereocenters. The van der Waals surface area contributed by atoms with Gasteiger partial charge >= 0.3 is 12.2 Å². The van der Waals surface area contributed by atoms with E-state index in [1.807, 2.05) is 51.1 Å². The Balaban J connectivity index is 1.94. The first kappa shape index (κ1) is 24.5. The zero-order valence-electron chi connectivity index (χ0n) is 18.8. The Labute approximate surface area is 183 Å². The first-order chi connectivity index (χ1) is 14.7. The Morgan fingerprint density at radius 2 is 1.61 bits per heavy atom. The fourth-order valence-electron chi connectivity index (χ4n) is 2.96. The van der Waals surface area contributed by atoms with Crippen LogP contribution in [0.1, 0.15) is 33.3 Å². The molecule has 1 aromatic rings. The molecule has 0 radical (unpaired) electrons. The second-order valence-corrected chi connectivity index (χ2v) is 8.19. The van der Waals surface area contributed by atoms with Crippen molar-refractivity contribution in [2.75, 3.05) is 39.4 Å². The number of carbonyl (C=O) groups excluding carboxylic acids is 3. The molecule has 9 nitrogen and oxygen atoms in total. The highest BCUT2D eigenvalue weighted by Crippen LogP contribution is 2.11. The van der Waals surface area contributed by atoms with Gasteiger partial charge in [-0.3, -0.25) is 4.79 Å². The quantitative estimate of drug-likeness (QED) is 0.706. The summed E-state index contributed by atoms with van der Waals surface area (Å²) in [6, 6.07) is 8.40. The van der Waals surface area contributed by atoms with Crippen LogP contribution in [0.2, 0.25) is 0 Å². The molecule has 0 aliphatic carbocycles.